The number of carbonyl (C=O) groups excluding carboxylic acids is 1. The molecular weight excluding hydrogens is 308 g/mol. The lowest BCUT2D eigenvalue weighted by atomic mass is 10.1. The van der Waals surface area contributed by atoms with Gasteiger partial charge in [0, 0.05) is 20.1 Å². The maximum absolute atomic E-state index is 12.9. The number of amides is 1. The highest BCUT2D eigenvalue weighted by Crippen LogP contribution is 2.29. The normalized spacial score (nSPS) is 21.0. The van der Waals surface area contributed by atoms with E-state index in [1.54, 1.807) is 30.3 Å². The van der Waals surface area contributed by atoms with Crippen molar-refractivity contribution in [2.75, 3.05) is 20.1 Å². The molecule has 21 heavy (non-hydrogen) atoms. The minimum atomic E-state index is -3.58. The summed E-state index contributed by atoms with van der Waals surface area (Å²) in [5, 5.41) is 1.78. The van der Waals surface area contributed by atoms with Crippen molar-refractivity contribution in [1.82, 2.24) is 9.21 Å². The van der Waals surface area contributed by atoms with Crippen LogP contribution in [-0.2, 0) is 14.8 Å². The topological polar surface area (TPSA) is 57.7 Å². The quantitative estimate of drug-likeness (QED) is 0.830. The molecule has 1 amide bonds. The van der Waals surface area contributed by atoms with Crippen molar-refractivity contribution in [3.8, 4) is 0 Å². The van der Waals surface area contributed by atoms with Crippen LogP contribution in [0.4, 0.5) is 0 Å². The maximum atomic E-state index is 12.9. The molecule has 118 valence electrons. The van der Waals surface area contributed by atoms with Crippen molar-refractivity contribution in [2.45, 2.75) is 43.4 Å². The molecule has 1 fully saturated rings. The average molecular weight is 330 g/mol. The second-order valence-electron chi connectivity index (χ2n) is 5.42. The van der Waals surface area contributed by atoms with Gasteiger partial charge in [-0.15, -0.1) is 11.3 Å². The first kappa shape index (κ1) is 16.5. The summed E-state index contributed by atoms with van der Waals surface area (Å²) in [6.07, 6.45) is 2.38. The van der Waals surface area contributed by atoms with E-state index in [1.807, 2.05) is 6.92 Å². The van der Waals surface area contributed by atoms with Crippen LogP contribution in [0.5, 0.6) is 0 Å². The van der Waals surface area contributed by atoms with E-state index in [2.05, 4.69) is 0 Å². The summed E-state index contributed by atoms with van der Waals surface area (Å²) in [6, 6.07) is 1.24. The zero-order chi connectivity index (χ0) is 15.6. The minimum absolute atomic E-state index is 0.0903. The number of hydrogen-bond acceptors (Lipinski definition) is 4. The molecular formula is C14H22N2O3S2. The van der Waals surface area contributed by atoms with Crippen LogP contribution in [0.3, 0.4) is 0 Å². The number of aryl methyl sites for hydroxylation is 1. The number of unbranched alkanes of at least 4 members (excludes halogenated alkanes) is 1. The third-order valence-electron chi connectivity index (χ3n) is 3.85. The predicted octanol–water partition coefficient (Wildman–Crippen LogP) is 2.08. The predicted molar refractivity (Wildman–Crippen MR) is 83.9 cm³/mol. The second kappa shape index (κ2) is 6.46. The van der Waals surface area contributed by atoms with Crippen molar-refractivity contribution < 1.29 is 13.2 Å². The van der Waals surface area contributed by atoms with E-state index < -0.39 is 16.1 Å². The molecule has 1 aliphatic heterocycles. The first-order valence-electron chi connectivity index (χ1n) is 7.20. The SMILES string of the molecule is CCCCC1C(=O)N(C)CCN1S(=O)(=O)c1sccc1C. The molecule has 0 aliphatic carbocycles. The van der Waals surface area contributed by atoms with Crippen LogP contribution >= 0.6 is 11.3 Å². The van der Waals surface area contributed by atoms with E-state index in [0.717, 1.165) is 18.4 Å². The number of thiophene rings is 1. The molecule has 7 heteroatoms. The third-order valence-corrected chi connectivity index (χ3v) is 7.43. The molecule has 2 heterocycles. The molecule has 0 saturated carbocycles. The number of rotatable bonds is 5. The van der Waals surface area contributed by atoms with Gasteiger partial charge < -0.3 is 4.90 Å². The molecule has 1 atom stereocenters. The molecule has 1 aromatic rings. The largest absolute Gasteiger partial charge is 0.343 e. The lowest BCUT2D eigenvalue weighted by molar-refractivity contribution is -0.137. The summed E-state index contributed by atoms with van der Waals surface area (Å²) in [4.78, 5) is 14.0. The Bertz CT molecular complexity index is 609. The number of nitrogens with zero attached hydrogens (tertiary/aromatic N) is 2. The molecule has 0 spiro atoms. The van der Waals surface area contributed by atoms with Gasteiger partial charge in [-0.05, 0) is 30.4 Å². The second-order valence-corrected chi connectivity index (χ2v) is 8.43. The molecule has 1 saturated heterocycles. The number of likely N-dealkylation sites (N-methyl/N-ethyl adjacent to an activating group) is 1. The van der Waals surface area contributed by atoms with Crippen molar-refractivity contribution in [2.24, 2.45) is 0 Å². The zero-order valence-electron chi connectivity index (χ0n) is 12.7. The Hall–Kier alpha value is -0.920. The smallest absolute Gasteiger partial charge is 0.253 e. The zero-order valence-corrected chi connectivity index (χ0v) is 14.3. The van der Waals surface area contributed by atoms with Crippen molar-refractivity contribution in [3.05, 3.63) is 17.0 Å². The van der Waals surface area contributed by atoms with Gasteiger partial charge in [0.2, 0.25) is 5.91 Å². The van der Waals surface area contributed by atoms with Gasteiger partial charge in [0.25, 0.3) is 10.0 Å². The van der Waals surface area contributed by atoms with Gasteiger partial charge >= 0.3 is 0 Å². The van der Waals surface area contributed by atoms with Crippen molar-refractivity contribution in [3.63, 3.8) is 0 Å². The van der Waals surface area contributed by atoms with E-state index in [9.17, 15) is 13.2 Å². The van der Waals surface area contributed by atoms with Gasteiger partial charge in [-0.25, -0.2) is 8.42 Å². The molecule has 2 rings (SSSR count). The molecule has 1 aromatic heterocycles. The summed E-state index contributed by atoms with van der Waals surface area (Å²) in [7, 11) is -1.84. The molecule has 5 nitrogen and oxygen atoms in total. The van der Waals surface area contributed by atoms with Crippen LogP contribution in [0.15, 0.2) is 15.7 Å². The Morgan fingerprint density at radius 3 is 2.67 bits per heavy atom. The van der Waals surface area contributed by atoms with Gasteiger partial charge in [-0.3, -0.25) is 4.79 Å². The van der Waals surface area contributed by atoms with Crippen LogP contribution in [0.1, 0.15) is 31.7 Å². The van der Waals surface area contributed by atoms with Gasteiger partial charge in [0.1, 0.15) is 10.3 Å². The summed E-state index contributed by atoms with van der Waals surface area (Å²) in [5.41, 5.74) is 0.751. The summed E-state index contributed by atoms with van der Waals surface area (Å²) in [6.45, 7) is 4.66. The summed E-state index contributed by atoms with van der Waals surface area (Å²) in [5.74, 6) is -0.0903. The Morgan fingerprint density at radius 2 is 2.10 bits per heavy atom. The Kier molecular flexibility index (Phi) is 5.06. The van der Waals surface area contributed by atoms with Crippen LogP contribution in [0.2, 0.25) is 0 Å². The van der Waals surface area contributed by atoms with Crippen molar-refractivity contribution >= 4 is 27.3 Å². The lowest BCUT2D eigenvalue weighted by Crippen LogP contribution is -2.57. The Morgan fingerprint density at radius 1 is 1.38 bits per heavy atom. The van der Waals surface area contributed by atoms with Gasteiger partial charge in [-0.2, -0.15) is 4.31 Å². The van der Waals surface area contributed by atoms with Crippen LogP contribution in [0, 0.1) is 6.92 Å². The number of piperazine rings is 1. The van der Waals surface area contributed by atoms with Crippen molar-refractivity contribution in [1.29, 1.82) is 0 Å². The first-order chi connectivity index (χ1) is 9.89. The van der Waals surface area contributed by atoms with E-state index in [1.165, 1.54) is 15.6 Å². The van der Waals surface area contributed by atoms with E-state index >= 15 is 0 Å². The van der Waals surface area contributed by atoms with Gasteiger partial charge in [0.05, 0.1) is 0 Å². The maximum Gasteiger partial charge on any atom is 0.253 e. The summed E-state index contributed by atoms with van der Waals surface area (Å²) >= 11 is 1.22. The van der Waals surface area contributed by atoms with E-state index in [4.69, 9.17) is 0 Å². The van der Waals surface area contributed by atoms with Crippen LogP contribution < -0.4 is 0 Å². The molecule has 1 unspecified atom stereocenters. The number of sulfonamides is 1. The monoisotopic (exact) mass is 330 g/mol. The number of carbonyl (C=O) groups is 1. The highest BCUT2D eigenvalue weighted by Gasteiger charge is 2.40. The van der Waals surface area contributed by atoms with E-state index in [-0.39, 0.29) is 5.91 Å². The molecule has 0 aromatic carbocycles. The first-order valence-corrected chi connectivity index (χ1v) is 9.52. The highest BCUT2D eigenvalue weighted by molar-refractivity contribution is 7.91. The molecule has 0 N–H and O–H groups in total. The highest BCUT2D eigenvalue weighted by atomic mass is 32.2. The summed E-state index contributed by atoms with van der Waals surface area (Å²) < 4.78 is 27.5. The Labute approximate surface area is 130 Å². The molecule has 1 aliphatic rings. The fraction of sp³-hybridized carbons (Fsp3) is 0.643. The molecule has 0 bridgehead atoms. The van der Waals surface area contributed by atoms with Crippen LogP contribution in [0.25, 0.3) is 0 Å². The lowest BCUT2D eigenvalue weighted by Gasteiger charge is -2.38. The van der Waals surface area contributed by atoms with Gasteiger partial charge in [-0.1, -0.05) is 19.8 Å². The average Bonchev–Trinajstić information content (AvgIpc) is 2.87. The minimum Gasteiger partial charge on any atom is -0.343 e. The third kappa shape index (κ3) is 3.14. The number of hydrogen-bond donors (Lipinski definition) is 0. The van der Waals surface area contributed by atoms with E-state index in [0.29, 0.717) is 23.7 Å². The standard InChI is InChI=1S/C14H22N2O3S2/c1-4-5-6-12-13(17)15(3)8-9-16(12)21(18,19)14-11(2)7-10-20-14/h7,10,12H,4-6,8-9H2,1-3H3. The van der Waals surface area contributed by atoms with Crippen LogP contribution in [-0.4, -0.2) is 49.7 Å². The Balaban J connectivity index is 2.35. The fourth-order valence-corrected chi connectivity index (χ4v) is 5.70. The fourth-order valence-electron chi connectivity index (χ4n) is 2.57. The molecule has 0 radical (unpaired) electrons. The van der Waals surface area contributed by atoms with Gasteiger partial charge in [0.15, 0.2) is 0 Å².